The van der Waals surface area contributed by atoms with Crippen molar-refractivity contribution >= 4 is 36.3 Å². The number of rotatable bonds is 9. The number of aliphatic hydroxyl groups excluding tert-OH is 1. The second kappa shape index (κ2) is 9.15. The lowest BCUT2D eigenvalue weighted by Gasteiger charge is -2.21. The predicted octanol–water partition coefficient (Wildman–Crippen LogP) is -3.83. The van der Waals surface area contributed by atoms with E-state index in [1.807, 2.05) is 0 Å². The summed E-state index contributed by atoms with van der Waals surface area (Å²) in [6.07, 6.45) is -0.547. The van der Waals surface area contributed by atoms with Gasteiger partial charge in [0.2, 0.25) is 17.7 Å². The molecule has 0 fully saturated rings. The highest BCUT2D eigenvalue weighted by Gasteiger charge is 2.28. The van der Waals surface area contributed by atoms with Crippen LogP contribution in [0.3, 0.4) is 0 Å². The maximum atomic E-state index is 11.9. The van der Waals surface area contributed by atoms with Gasteiger partial charge < -0.3 is 32.3 Å². The van der Waals surface area contributed by atoms with E-state index in [9.17, 15) is 19.2 Å². The van der Waals surface area contributed by atoms with E-state index in [0.29, 0.717) is 0 Å². The van der Waals surface area contributed by atoms with Crippen LogP contribution < -0.4 is 22.1 Å². The summed E-state index contributed by atoms with van der Waals surface area (Å²) in [4.78, 5) is 45.1. The molecule has 0 aromatic carbocycles. The Labute approximate surface area is 125 Å². The third-order valence-corrected chi connectivity index (χ3v) is 2.73. The third kappa shape index (κ3) is 6.92. The topological polar surface area (TPSA) is 185 Å². The minimum Gasteiger partial charge on any atom is -0.480 e. The highest BCUT2D eigenvalue weighted by molar-refractivity contribution is 7.80. The summed E-state index contributed by atoms with van der Waals surface area (Å²) in [5.74, 6) is -4.19. The fraction of sp³-hybridized carbons (Fsp3) is 0.600. The van der Waals surface area contributed by atoms with Crippen LogP contribution in [0.5, 0.6) is 0 Å². The summed E-state index contributed by atoms with van der Waals surface area (Å²) in [6, 6.07) is -3.97. The summed E-state index contributed by atoms with van der Waals surface area (Å²) in [6.45, 7) is -0.662. The van der Waals surface area contributed by atoms with Gasteiger partial charge in [-0.15, -0.1) is 0 Å². The number of carboxylic acid groups (broad SMARTS) is 1. The molecule has 0 aromatic heterocycles. The Hall–Kier alpha value is -1.85. The van der Waals surface area contributed by atoms with Crippen molar-refractivity contribution < 1.29 is 29.4 Å². The van der Waals surface area contributed by atoms with Gasteiger partial charge in [-0.3, -0.25) is 14.4 Å². The minimum absolute atomic E-state index is 0.186. The molecular formula is C10H18N4O6S. The van der Waals surface area contributed by atoms with Crippen molar-refractivity contribution in [3.05, 3.63) is 0 Å². The number of nitrogens with two attached hydrogens (primary N) is 2. The maximum absolute atomic E-state index is 11.9. The summed E-state index contributed by atoms with van der Waals surface area (Å²) in [7, 11) is 0. The van der Waals surface area contributed by atoms with Crippen molar-refractivity contribution in [1.82, 2.24) is 10.6 Å². The normalized spacial score (nSPS) is 14.6. The van der Waals surface area contributed by atoms with E-state index in [-0.39, 0.29) is 5.75 Å². The van der Waals surface area contributed by atoms with Gasteiger partial charge in [-0.05, 0) is 0 Å². The zero-order chi connectivity index (χ0) is 16.6. The molecule has 21 heavy (non-hydrogen) atoms. The number of hydrogen-bond acceptors (Lipinski definition) is 7. The third-order valence-electron chi connectivity index (χ3n) is 2.37. The second-order valence-electron chi connectivity index (χ2n) is 4.10. The molecule has 0 aliphatic carbocycles. The Morgan fingerprint density at radius 1 is 1.10 bits per heavy atom. The summed E-state index contributed by atoms with van der Waals surface area (Å²) in [5.41, 5.74) is 10.2. The van der Waals surface area contributed by atoms with Crippen molar-refractivity contribution in [3.8, 4) is 0 Å². The predicted molar refractivity (Wildman–Crippen MR) is 74.2 cm³/mol. The Morgan fingerprint density at radius 2 is 1.62 bits per heavy atom. The van der Waals surface area contributed by atoms with Crippen LogP contribution in [0.15, 0.2) is 0 Å². The number of primary amides is 1. The van der Waals surface area contributed by atoms with Crippen LogP contribution in [0.2, 0.25) is 0 Å². The minimum atomic E-state index is -1.39. The largest absolute Gasteiger partial charge is 0.480 e. The molecule has 0 rings (SSSR count). The van der Waals surface area contributed by atoms with Crippen molar-refractivity contribution in [2.75, 3.05) is 12.4 Å². The molecule has 0 saturated heterocycles. The average molecular weight is 322 g/mol. The van der Waals surface area contributed by atoms with Crippen LogP contribution >= 0.6 is 12.6 Å². The maximum Gasteiger partial charge on any atom is 0.327 e. The van der Waals surface area contributed by atoms with Crippen molar-refractivity contribution in [3.63, 3.8) is 0 Å². The Bertz CT molecular complexity index is 418. The van der Waals surface area contributed by atoms with Crippen molar-refractivity contribution in [2.45, 2.75) is 24.5 Å². The molecule has 120 valence electrons. The van der Waals surface area contributed by atoms with Gasteiger partial charge in [0.25, 0.3) is 0 Å². The van der Waals surface area contributed by atoms with Gasteiger partial charge in [0.15, 0.2) is 0 Å². The number of thiol groups is 1. The molecule has 0 aliphatic rings. The van der Waals surface area contributed by atoms with Gasteiger partial charge in [0.1, 0.15) is 18.1 Å². The molecule has 11 heteroatoms. The molecule has 3 amide bonds. The van der Waals surface area contributed by atoms with Gasteiger partial charge in [0, 0.05) is 5.75 Å². The van der Waals surface area contributed by atoms with E-state index in [1.54, 1.807) is 0 Å². The van der Waals surface area contributed by atoms with Crippen LogP contribution in [0.1, 0.15) is 6.42 Å². The first-order valence-corrected chi connectivity index (χ1v) is 6.45. The zero-order valence-electron chi connectivity index (χ0n) is 11.0. The smallest absolute Gasteiger partial charge is 0.327 e. The van der Waals surface area contributed by atoms with Crippen molar-refractivity contribution in [2.24, 2.45) is 11.5 Å². The Balaban J connectivity index is 4.88. The standard InChI is InChI=1S/C10H18N4O6S/c11-4(2-15)8(17)13-5(1-7(12)16)9(18)14-6(3-21)10(19)20/h4-6,15,21H,1-3,11H2,(H2,12,16)(H,13,17)(H,14,18)(H,19,20). The fourth-order valence-corrected chi connectivity index (χ4v) is 1.48. The molecule has 3 atom stereocenters. The van der Waals surface area contributed by atoms with E-state index in [4.69, 9.17) is 21.7 Å². The SMILES string of the molecule is NC(=O)CC(NC(=O)C(N)CO)C(=O)NC(CS)C(=O)O. The van der Waals surface area contributed by atoms with Gasteiger partial charge in [-0.1, -0.05) is 0 Å². The van der Waals surface area contributed by atoms with Gasteiger partial charge in [-0.2, -0.15) is 12.6 Å². The number of nitrogens with one attached hydrogen (secondary N) is 2. The number of carbonyl (C=O) groups excluding carboxylic acids is 3. The van der Waals surface area contributed by atoms with Crippen LogP contribution in [0.25, 0.3) is 0 Å². The van der Waals surface area contributed by atoms with Gasteiger partial charge in [-0.25, -0.2) is 4.79 Å². The van der Waals surface area contributed by atoms with Crippen LogP contribution in [-0.2, 0) is 19.2 Å². The molecule has 0 bridgehead atoms. The molecule has 0 radical (unpaired) electrons. The molecule has 0 spiro atoms. The molecule has 3 unspecified atom stereocenters. The van der Waals surface area contributed by atoms with Crippen LogP contribution in [-0.4, -0.2) is 64.4 Å². The molecule has 0 heterocycles. The molecule has 8 N–H and O–H groups in total. The Morgan fingerprint density at radius 3 is 2.00 bits per heavy atom. The molecule has 0 saturated carbocycles. The Kier molecular flexibility index (Phi) is 8.35. The number of carbonyl (C=O) groups is 4. The first-order chi connectivity index (χ1) is 9.72. The van der Waals surface area contributed by atoms with E-state index < -0.39 is 54.8 Å². The highest BCUT2D eigenvalue weighted by Crippen LogP contribution is 1.97. The highest BCUT2D eigenvalue weighted by atomic mass is 32.1. The monoisotopic (exact) mass is 322 g/mol. The molecule has 0 aromatic rings. The van der Waals surface area contributed by atoms with E-state index in [0.717, 1.165) is 0 Å². The lowest BCUT2D eigenvalue weighted by molar-refractivity contribution is -0.141. The first-order valence-electron chi connectivity index (χ1n) is 5.82. The van der Waals surface area contributed by atoms with Crippen LogP contribution in [0, 0.1) is 0 Å². The van der Waals surface area contributed by atoms with E-state index in [2.05, 4.69) is 23.3 Å². The fourth-order valence-electron chi connectivity index (χ4n) is 1.23. The number of hydrogen-bond donors (Lipinski definition) is 7. The second-order valence-corrected chi connectivity index (χ2v) is 4.47. The van der Waals surface area contributed by atoms with Crippen LogP contribution in [0.4, 0.5) is 0 Å². The summed E-state index contributed by atoms with van der Waals surface area (Å²) < 4.78 is 0. The number of amides is 3. The molecule has 10 nitrogen and oxygen atoms in total. The van der Waals surface area contributed by atoms with E-state index >= 15 is 0 Å². The molecule has 0 aliphatic heterocycles. The lowest BCUT2D eigenvalue weighted by atomic mass is 10.1. The summed E-state index contributed by atoms with van der Waals surface area (Å²) in [5, 5.41) is 21.7. The summed E-state index contributed by atoms with van der Waals surface area (Å²) >= 11 is 3.76. The first kappa shape index (κ1) is 19.1. The van der Waals surface area contributed by atoms with Crippen molar-refractivity contribution in [1.29, 1.82) is 0 Å². The average Bonchev–Trinajstić information content (AvgIpc) is 2.41. The van der Waals surface area contributed by atoms with E-state index in [1.165, 1.54) is 0 Å². The van der Waals surface area contributed by atoms with Gasteiger partial charge in [0.05, 0.1) is 13.0 Å². The number of carboxylic acids is 1. The number of aliphatic hydroxyl groups is 1. The van der Waals surface area contributed by atoms with Gasteiger partial charge >= 0.3 is 5.97 Å². The molecular weight excluding hydrogens is 304 g/mol. The zero-order valence-corrected chi connectivity index (χ0v) is 11.9. The lowest BCUT2D eigenvalue weighted by Crippen LogP contribution is -2.56. The quantitative estimate of drug-likeness (QED) is 0.212. The number of aliphatic carboxylic acids is 1.